The normalized spacial score (nSPS) is 42.2. The molecular weight excluding hydrogens is 190 g/mol. The molecule has 0 radical (unpaired) electrons. The highest BCUT2D eigenvalue weighted by atomic mass is 16.3. The average molecular weight is 207 g/mol. The van der Waals surface area contributed by atoms with Crippen LogP contribution in [0.3, 0.4) is 0 Å². The number of carbonyl (C=O) groups excluding carboxylic acids is 1. The zero-order valence-electron chi connectivity index (χ0n) is 9.07. The molecule has 0 heterocycles. The highest BCUT2D eigenvalue weighted by Crippen LogP contribution is 2.60. The fourth-order valence-electron chi connectivity index (χ4n) is 3.59. The lowest BCUT2D eigenvalue weighted by Crippen LogP contribution is -2.48. The second-order valence-corrected chi connectivity index (χ2v) is 5.31. The molecule has 0 aromatic rings. The molecule has 0 spiro atoms. The van der Waals surface area contributed by atoms with Gasteiger partial charge in [-0.05, 0) is 38.0 Å². The summed E-state index contributed by atoms with van der Waals surface area (Å²) in [6, 6.07) is 2.33. The SMILES string of the molecule is CC(O)(CC=O)C1(C#N)CC2CCC1C2. The molecule has 0 aromatic heterocycles. The maximum atomic E-state index is 10.6. The number of aliphatic hydroxyl groups is 1. The van der Waals surface area contributed by atoms with Crippen molar-refractivity contribution in [3.8, 4) is 6.07 Å². The maximum Gasteiger partial charge on any atom is 0.122 e. The van der Waals surface area contributed by atoms with E-state index in [0.29, 0.717) is 11.8 Å². The van der Waals surface area contributed by atoms with E-state index in [1.165, 1.54) is 6.42 Å². The number of hydrogen-bond donors (Lipinski definition) is 1. The third-order valence-corrected chi connectivity index (χ3v) is 4.49. The van der Waals surface area contributed by atoms with Crippen molar-refractivity contribution in [2.45, 2.75) is 44.6 Å². The Morgan fingerprint density at radius 2 is 2.40 bits per heavy atom. The quantitative estimate of drug-likeness (QED) is 0.716. The van der Waals surface area contributed by atoms with Gasteiger partial charge in [0.2, 0.25) is 0 Å². The molecule has 0 aromatic carbocycles. The van der Waals surface area contributed by atoms with Gasteiger partial charge in [-0.15, -0.1) is 0 Å². The fourth-order valence-corrected chi connectivity index (χ4v) is 3.59. The molecule has 15 heavy (non-hydrogen) atoms. The zero-order valence-corrected chi connectivity index (χ0v) is 9.07. The molecule has 4 atom stereocenters. The summed E-state index contributed by atoms with van der Waals surface area (Å²) in [5.74, 6) is 0.884. The maximum absolute atomic E-state index is 10.6. The summed E-state index contributed by atoms with van der Waals surface area (Å²) in [4.78, 5) is 10.6. The van der Waals surface area contributed by atoms with Crippen molar-refractivity contribution in [3.63, 3.8) is 0 Å². The molecule has 0 aliphatic heterocycles. The zero-order chi connectivity index (χ0) is 11.1. The summed E-state index contributed by atoms with van der Waals surface area (Å²) < 4.78 is 0. The molecule has 3 nitrogen and oxygen atoms in total. The number of fused-ring (bicyclic) bond motifs is 2. The van der Waals surface area contributed by atoms with Crippen molar-refractivity contribution >= 4 is 6.29 Å². The highest BCUT2D eigenvalue weighted by molar-refractivity contribution is 5.52. The van der Waals surface area contributed by atoms with E-state index in [2.05, 4.69) is 6.07 Å². The Hall–Kier alpha value is -0.880. The minimum atomic E-state index is -1.15. The predicted molar refractivity (Wildman–Crippen MR) is 54.8 cm³/mol. The lowest BCUT2D eigenvalue weighted by atomic mass is 9.63. The fraction of sp³-hybridized carbons (Fsp3) is 0.833. The van der Waals surface area contributed by atoms with Crippen LogP contribution >= 0.6 is 0 Å². The van der Waals surface area contributed by atoms with Gasteiger partial charge in [0.15, 0.2) is 0 Å². The van der Waals surface area contributed by atoms with E-state index >= 15 is 0 Å². The monoisotopic (exact) mass is 207 g/mol. The summed E-state index contributed by atoms with van der Waals surface area (Å²) in [7, 11) is 0. The van der Waals surface area contributed by atoms with Crippen LogP contribution in [0.1, 0.15) is 39.0 Å². The third-order valence-electron chi connectivity index (χ3n) is 4.49. The van der Waals surface area contributed by atoms with Crippen LogP contribution in [0.25, 0.3) is 0 Å². The first kappa shape index (κ1) is 10.6. The Kier molecular flexibility index (Phi) is 2.35. The third kappa shape index (κ3) is 1.32. The van der Waals surface area contributed by atoms with Crippen molar-refractivity contribution < 1.29 is 9.90 Å². The first-order valence-corrected chi connectivity index (χ1v) is 5.63. The van der Waals surface area contributed by atoms with E-state index in [0.717, 1.165) is 25.5 Å². The van der Waals surface area contributed by atoms with E-state index in [1.54, 1.807) is 6.92 Å². The van der Waals surface area contributed by atoms with Gasteiger partial charge in [-0.1, -0.05) is 6.42 Å². The van der Waals surface area contributed by atoms with Gasteiger partial charge >= 0.3 is 0 Å². The summed E-state index contributed by atoms with van der Waals surface area (Å²) in [5, 5.41) is 19.7. The van der Waals surface area contributed by atoms with Crippen LogP contribution < -0.4 is 0 Å². The topological polar surface area (TPSA) is 61.1 Å². The van der Waals surface area contributed by atoms with Crippen LogP contribution in [-0.4, -0.2) is 17.0 Å². The molecule has 0 amide bonds. The number of hydrogen-bond acceptors (Lipinski definition) is 3. The largest absolute Gasteiger partial charge is 0.388 e. The minimum absolute atomic E-state index is 0.0732. The van der Waals surface area contributed by atoms with Crippen molar-refractivity contribution in [2.75, 3.05) is 0 Å². The van der Waals surface area contributed by atoms with Crippen LogP contribution in [0.2, 0.25) is 0 Å². The van der Waals surface area contributed by atoms with Crippen molar-refractivity contribution in [1.82, 2.24) is 0 Å². The second-order valence-electron chi connectivity index (χ2n) is 5.31. The number of rotatable bonds is 3. The van der Waals surface area contributed by atoms with Crippen LogP contribution in [0.4, 0.5) is 0 Å². The van der Waals surface area contributed by atoms with E-state index in [1.807, 2.05) is 0 Å². The standard InChI is InChI=1S/C12H17NO2/c1-11(15,4-5-14)12(8-13)7-9-2-3-10(12)6-9/h5,9-10,15H,2-4,6-7H2,1H3. The van der Waals surface area contributed by atoms with Gasteiger partial charge in [0, 0.05) is 6.42 Å². The molecule has 0 saturated heterocycles. The predicted octanol–water partition coefficient (Wildman–Crippen LogP) is 1.66. The Morgan fingerprint density at radius 3 is 2.80 bits per heavy atom. The van der Waals surface area contributed by atoms with E-state index < -0.39 is 11.0 Å². The molecule has 2 fully saturated rings. The summed E-state index contributed by atoms with van der Waals surface area (Å²) >= 11 is 0. The summed E-state index contributed by atoms with van der Waals surface area (Å²) in [5.41, 5.74) is -1.82. The van der Waals surface area contributed by atoms with Crippen LogP contribution in [0, 0.1) is 28.6 Å². The Morgan fingerprint density at radius 1 is 1.67 bits per heavy atom. The number of nitrogens with zero attached hydrogens (tertiary/aromatic N) is 1. The summed E-state index contributed by atoms with van der Waals surface area (Å²) in [6.07, 6.45) is 4.85. The van der Waals surface area contributed by atoms with Crippen LogP contribution in [0.15, 0.2) is 0 Å². The lowest BCUT2D eigenvalue weighted by molar-refractivity contribution is -0.119. The molecule has 2 bridgehead atoms. The minimum Gasteiger partial charge on any atom is -0.388 e. The molecule has 2 saturated carbocycles. The van der Waals surface area contributed by atoms with Crippen molar-refractivity contribution in [1.29, 1.82) is 5.26 Å². The lowest BCUT2D eigenvalue weighted by Gasteiger charge is -2.42. The smallest absolute Gasteiger partial charge is 0.122 e. The number of carbonyl (C=O) groups is 1. The molecule has 2 rings (SSSR count). The molecular formula is C12H17NO2. The Balaban J connectivity index is 2.31. The van der Waals surface area contributed by atoms with Gasteiger partial charge < -0.3 is 9.90 Å². The number of nitriles is 1. The van der Waals surface area contributed by atoms with Gasteiger partial charge in [-0.2, -0.15) is 5.26 Å². The van der Waals surface area contributed by atoms with Gasteiger partial charge in [-0.3, -0.25) is 0 Å². The molecule has 3 heteroatoms. The molecule has 2 aliphatic carbocycles. The molecule has 4 unspecified atom stereocenters. The van der Waals surface area contributed by atoms with Gasteiger partial charge in [0.1, 0.15) is 6.29 Å². The van der Waals surface area contributed by atoms with Crippen molar-refractivity contribution in [3.05, 3.63) is 0 Å². The van der Waals surface area contributed by atoms with Crippen LogP contribution in [-0.2, 0) is 4.79 Å². The molecule has 2 aliphatic rings. The average Bonchev–Trinajstić information content (AvgIpc) is 2.76. The Labute approximate surface area is 90.1 Å². The second kappa shape index (κ2) is 3.31. The molecule has 1 N–H and O–H groups in total. The van der Waals surface area contributed by atoms with Crippen LogP contribution in [0.5, 0.6) is 0 Å². The molecule has 82 valence electrons. The highest BCUT2D eigenvalue weighted by Gasteiger charge is 2.60. The number of aldehydes is 1. The van der Waals surface area contributed by atoms with Gasteiger partial charge in [0.05, 0.1) is 17.1 Å². The van der Waals surface area contributed by atoms with E-state index in [4.69, 9.17) is 0 Å². The van der Waals surface area contributed by atoms with Gasteiger partial charge in [-0.25, -0.2) is 0 Å². The summed E-state index contributed by atoms with van der Waals surface area (Å²) in [6.45, 7) is 1.64. The van der Waals surface area contributed by atoms with E-state index in [-0.39, 0.29) is 6.42 Å². The Bertz CT molecular complexity index is 318. The first-order chi connectivity index (χ1) is 7.05. The first-order valence-electron chi connectivity index (χ1n) is 5.63. The van der Waals surface area contributed by atoms with Gasteiger partial charge in [0.25, 0.3) is 0 Å². The van der Waals surface area contributed by atoms with Crippen molar-refractivity contribution in [2.24, 2.45) is 17.3 Å². The van der Waals surface area contributed by atoms with E-state index in [9.17, 15) is 15.2 Å².